The molecule has 5 rings (SSSR count). The summed E-state index contributed by atoms with van der Waals surface area (Å²) in [5, 5.41) is 8.32. The summed E-state index contributed by atoms with van der Waals surface area (Å²) < 4.78 is 29.0. The predicted molar refractivity (Wildman–Crippen MR) is 172 cm³/mol. The van der Waals surface area contributed by atoms with E-state index in [0.717, 1.165) is 36.0 Å². The quantitative estimate of drug-likeness (QED) is 0.275. The number of anilines is 3. The molecular weight excluding hydrogens is 606 g/mol. The highest BCUT2D eigenvalue weighted by Crippen LogP contribution is 2.31. The van der Waals surface area contributed by atoms with Gasteiger partial charge in [0.1, 0.15) is 11.0 Å². The van der Waals surface area contributed by atoms with Crippen LogP contribution in [0.4, 0.5) is 17.5 Å². The molecule has 1 atom stereocenters. The Balaban J connectivity index is 1.48. The number of aromatic nitrogens is 5. The Kier molecular flexibility index (Phi) is 8.58. The Morgan fingerprint density at radius 2 is 1.84 bits per heavy atom. The van der Waals surface area contributed by atoms with Crippen LogP contribution in [0, 0.1) is 6.92 Å². The molecule has 1 fully saturated rings. The highest BCUT2D eigenvalue weighted by atomic mass is 35.5. The lowest BCUT2D eigenvalue weighted by Gasteiger charge is -2.34. The lowest BCUT2D eigenvalue weighted by Crippen LogP contribution is -2.39. The van der Waals surface area contributed by atoms with E-state index in [9.17, 15) is 18.0 Å². The van der Waals surface area contributed by atoms with Gasteiger partial charge in [0.25, 0.3) is 11.5 Å². The summed E-state index contributed by atoms with van der Waals surface area (Å²) in [7, 11) is 1.91. The maximum absolute atomic E-state index is 13.7. The molecule has 0 unspecified atom stereocenters. The predicted octanol–water partition coefficient (Wildman–Crippen LogP) is 3.26. The van der Waals surface area contributed by atoms with Gasteiger partial charge in [-0.05, 0) is 50.5 Å². The van der Waals surface area contributed by atoms with Crippen LogP contribution in [0.3, 0.4) is 0 Å². The van der Waals surface area contributed by atoms with E-state index in [4.69, 9.17) is 16.6 Å². The molecule has 4 heterocycles. The fourth-order valence-corrected chi connectivity index (χ4v) is 6.24. The van der Waals surface area contributed by atoms with Crippen LogP contribution in [0.1, 0.15) is 53.5 Å². The summed E-state index contributed by atoms with van der Waals surface area (Å²) in [4.78, 5) is 39.7. The van der Waals surface area contributed by atoms with Gasteiger partial charge in [-0.3, -0.25) is 14.2 Å². The van der Waals surface area contributed by atoms with Crippen molar-refractivity contribution in [1.82, 2.24) is 29.0 Å². The number of fused-ring (bicyclic) bond motifs is 1. The zero-order chi connectivity index (χ0) is 31.9. The maximum Gasteiger partial charge on any atom is 0.285 e. The Labute approximate surface area is 260 Å². The maximum atomic E-state index is 13.7. The number of benzene rings is 1. The van der Waals surface area contributed by atoms with Gasteiger partial charge in [0, 0.05) is 45.9 Å². The fraction of sp³-hybridized carbons (Fsp3) is 0.414. The lowest BCUT2D eigenvalue weighted by molar-refractivity contribution is 0.0977. The van der Waals surface area contributed by atoms with Gasteiger partial charge in [-0.15, -0.1) is 0 Å². The van der Waals surface area contributed by atoms with Gasteiger partial charge in [-0.25, -0.2) is 27.8 Å². The van der Waals surface area contributed by atoms with Gasteiger partial charge in [0.05, 0.1) is 41.1 Å². The van der Waals surface area contributed by atoms with Crippen LogP contribution in [0.2, 0.25) is 5.15 Å². The molecular formula is C29H36ClN9O4S. The second kappa shape index (κ2) is 12.1. The van der Waals surface area contributed by atoms with E-state index >= 15 is 0 Å². The van der Waals surface area contributed by atoms with E-state index in [2.05, 4.69) is 25.0 Å². The molecule has 0 radical (unpaired) electrons. The number of pyridine rings is 1. The van der Waals surface area contributed by atoms with Crippen LogP contribution in [0.15, 0.2) is 41.3 Å². The monoisotopic (exact) mass is 641 g/mol. The first-order chi connectivity index (χ1) is 20.7. The highest BCUT2D eigenvalue weighted by molar-refractivity contribution is 7.89. The number of rotatable bonds is 8. The van der Waals surface area contributed by atoms with E-state index in [0.29, 0.717) is 29.9 Å². The molecule has 44 heavy (non-hydrogen) atoms. The summed E-state index contributed by atoms with van der Waals surface area (Å²) in [5.41, 5.74) is 2.10. The summed E-state index contributed by atoms with van der Waals surface area (Å²) in [6, 6.07) is 8.62. The summed E-state index contributed by atoms with van der Waals surface area (Å²) in [5.74, 6) is 0.714. The first-order valence-electron chi connectivity index (χ1n) is 14.2. The van der Waals surface area contributed by atoms with Crippen LogP contribution >= 0.6 is 11.6 Å². The van der Waals surface area contributed by atoms with E-state index in [1.54, 1.807) is 17.7 Å². The van der Waals surface area contributed by atoms with Crippen molar-refractivity contribution in [2.75, 3.05) is 48.6 Å². The molecule has 0 saturated carbocycles. The molecule has 15 heteroatoms. The second-order valence-electron chi connectivity index (χ2n) is 11.4. The minimum Gasteiger partial charge on any atom is -0.377 e. The number of sulfonamides is 1. The van der Waals surface area contributed by atoms with Gasteiger partial charge in [0.15, 0.2) is 5.69 Å². The fourth-order valence-electron chi connectivity index (χ4n) is 5.66. The molecule has 3 aromatic heterocycles. The van der Waals surface area contributed by atoms with Crippen molar-refractivity contribution in [3.63, 3.8) is 0 Å². The van der Waals surface area contributed by atoms with Crippen molar-refractivity contribution in [3.05, 3.63) is 68.9 Å². The van der Waals surface area contributed by atoms with Crippen LogP contribution < -0.4 is 25.4 Å². The number of piperidine rings is 1. The van der Waals surface area contributed by atoms with Gasteiger partial charge in [-0.1, -0.05) is 17.7 Å². The molecule has 0 bridgehead atoms. The number of nitrogens with zero attached hydrogens (tertiary/aromatic N) is 7. The molecule has 1 aromatic carbocycles. The van der Waals surface area contributed by atoms with Crippen molar-refractivity contribution in [3.8, 4) is 0 Å². The number of aryl methyl sites for hydroxylation is 1. The standard InChI is InChI=1S/C29H36ClN9O4S/c1-17-15-20(18(2)32-22-7-8-23(30)33-26(22)27(40)35-44(6,42)43)25-21(16-17)28(41)37(5)29(34-25)38-13-10-19(11-14-38)39-24(36(3)4)9-12-31-39/h7-9,12,15-16,18-19,32H,10-11,13-14H2,1-6H3,(H,35,40)/t18-/m1/s1. The van der Waals surface area contributed by atoms with Crippen molar-refractivity contribution < 1.29 is 13.2 Å². The van der Waals surface area contributed by atoms with Gasteiger partial charge in [0.2, 0.25) is 16.0 Å². The SMILES string of the molecule is Cc1cc([C@@H](C)Nc2ccc(Cl)nc2C(=O)NS(C)(=O)=O)c2nc(N3CCC(n4nccc4N(C)C)CC3)n(C)c(=O)c2c1. The number of hydrogen-bond donors (Lipinski definition) is 2. The largest absolute Gasteiger partial charge is 0.377 e. The third kappa shape index (κ3) is 6.36. The smallest absolute Gasteiger partial charge is 0.285 e. The molecule has 1 saturated heterocycles. The number of carbonyl (C=O) groups is 1. The van der Waals surface area contributed by atoms with Crippen molar-refractivity contribution in [1.29, 1.82) is 0 Å². The minimum absolute atomic E-state index is 0.0342. The van der Waals surface area contributed by atoms with Crippen LogP contribution in [0.5, 0.6) is 0 Å². The molecule has 1 aliphatic rings. The van der Waals surface area contributed by atoms with Crippen molar-refractivity contribution in [2.24, 2.45) is 7.05 Å². The van der Waals surface area contributed by atoms with Gasteiger partial charge in [-0.2, -0.15) is 5.10 Å². The van der Waals surface area contributed by atoms with Crippen LogP contribution in [-0.2, 0) is 17.1 Å². The van der Waals surface area contributed by atoms with Crippen molar-refractivity contribution in [2.45, 2.75) is 38.8 Å². The number of nitrogens with one attached hydrogen (secondary N) is 2. The molecule has 2 N–H and O–H groups in total. The molecule has 4 aromatic rings. The molecule has 1 aliphatic heterocycles. The average molecular weight is 642 g/mol. The van der Waals surface area contributed by atoms with Crippen LogP contribution in [-0.4, -0.2) is 72.1 Å². The van der Waals surface area contributed by atoms with E-state index in [-0.39, 0.29) is 28.1 Å². The Morgan fingerprint density at radius 3 is 2.50 bits per heavy atom. The zero-order valence-electron chi connectivity index (χ0n) is 25.5. The Bertz CT molecular complexity index is 1900. The molecule has 0 aliphatic carbocycles. The molecule has 13 nitrogen and oxygen atoms in total. The normalized spacial score (nSPS) is 14.9. The van der Waals surface area contributed by atoms with E-state index < -0.39 is 22.0 Å². The van der Waals surface area contributed by atoms with E-state index in [1.165, 1.54) is 6.07 Å². The third-order valence-corrected chi connectivity index (χ3v) is 8.49. The highest BCUT2D eigenvalue weighted by Gasteiger charge is 2.27. The summed E-state index contributed by atoms with van der Waals surface area (Å²) in [6.07, 6.45) is 4.39. The Hall–Kier alpha value is -4.17. The van der Waals surface area contributed by atoms with E-state index in [1.807, 2.05) is 62.0 Å². The number of amides is 1. The summed E-state index contributed by atoms with van der Waals surface area (Å²) in [6.45, 7) is 5.18. The molecule has 0 spiro atoms. The average Bonchev–Trinajstić information content (AvgIpc) is 3.45. The zero-order valence-corrected chi connectivity index (χ0v) is 27.1. The first-order valence-corrected chi connectivity index (χ1v) is 16.4. The number of hydrogen-bond acceptors (Lipinski definition) is 10. The minimum atomic E-state index is -3.83. The van der Waals surface area contributed by atoms with Gasteiger partial charge >= 0.3 is 0 Å². The van der Waals surface area contributed by atoms with Crippen molar-refractivity contribution >= 4 is 55.9 Å². The number of carbonyl (C=O) groups excluding carboxylic acids is 1. The molecule has 234 valence electrons. The van der Waals surface area contributed by atoms with Crippen LogP contribution in [0.25, 0.3) is 10.9 Å². The lowest BCUT2D eigenvalue weighted by atomic mass is 10.0. The third-order valence-electron chi connectivity index (χ3n) is 7.72. The topological polar surface area (TPSA) is 147 Å². The Morgan fingerprint density at radius 1 is 1.14 bits per heavy atom. The first kappa shape index (κ1) is 31.3. The summed E-state index contributed by atoms with van der Waals surface area (Å²) >= 11 is 6.04. The van der Waals surface area contributed by atoms with Gasteiger partial charge < -0.3 is 15.1 Å². The molecule has 1 amide bonds. The second-order valence-corrected chi connectivity index (χ2v) is 13.5. The number of halogens is 1.